The summed E-state index contributed by atoms with van der Waals surface area (Å²) in [6.07, 6.45) is 3.50. The molecule has 7 bridgehead atoms. The van der Waals surface area contributed by atoms with Crippen molar-refractivity contribution in [1.29, 1.82) is 0 Å². The van der Waals surface area contributed by atoms with Crippen molar-refractivity contribution in [3.63, 3.8) is 0 Å². The van der Waals surface area contributed by atoms with Crippen LogP contribution in [-0.2, 0) is 4.79 Å². The lowest BCUT2D eigenvalue weighted by molar-refractivity contribution is -0.211. The predicted octanol–water partition coefficient (Wildman–Crippen LogP) is 2.00. The highest BCUT2D eigenvalue weighted by Crippen LogP contribution is 2.83. The van der Waals surface area contributed by atoms with Crippen molar-refractivity contribution in [3.05, 3.63) is 12.2 Å². The molecule has 142 valence electrons. The normalized spacial score (nSPS) is 62.7. The van der Waals surface area contributed by atoms with E-state index in [1.165, 1.54) is 0 Å². The third kappa shape index (κ3) is 1.33. The number of piperidine rings is 1. The zero-order valence-electron chi connectivity index (χ0n) is 15.9. The van der Waals surface area contributed by atoms with Crippen molar-refractivity contribution in [2.75, 3.05) is 13.1 Å². The largest absolute Gasteiger partial charge is 0.392 e. The number of carbonyl (C=O) groups is 1. The Morgan fingerprint density at radius 1 is 1.31 bits per heavy atom. The van der Waals surface area contributed by atoms with Crippen molar-refractivity contribution in [3.8, 4) is 0 Å². The Bertz CT molecular complexity index is 735. The molecule has 2 spiro atoms. The van der Waals surface area contributed by atoms with E-state index in [-0.39, 0.29) is 40.0 Å². The number of aliphatic hydroxyl groups excluding tert-OH is 2. The first-order valence-corrected chi connectivity index (χ1v) is 10.6. The number of likely N-dealkylation sites (tertiary alicyclic amines) is 1. The summed E-state index contributed by atoms with van der Waals surface area (Å²) in [5, 5.41) is 22.8. The number of hydrogen-bond donors (Lipinski definition) is 2. The number of aliphatic hydroxyl groups is 2. The van der Waals surface area contributed by atoms with Gasteiger partial charge in [0.15, 0.2) is 0 Å². The van der Waals surface area contributed by atoms with E-state index >= 15 is 0 Å². The number of hydrogen-bond acceptors (Lipinski definition) is 4. The highest BCUT2D eigenvalue weighted by molar-refractivity contribution is 5.87. The molecule has 1 saturated heterocycles. The van der Waals surface area contributed by atoms with E-state index in [1.54, 1.807) is 0 Å². The fourth-order valence-corrected chi connectivity index (χ4v) is 9.75. The Hall–Kier alpha value is -0.710. The highest BCUT2D eigenvalue weighted by atomic mass is 16.3. The number of ketones is 1. The average Bonchev–Trinajstić information content (AvgIpc) is 3.14. The molecule has 0 aromatic heterocycles. The number of carbonyl (C=O) groups excluding carboxylic acids is 1. The maximum atomic E-state index is 13.0. The summed E-state index contributed by atoms with van der Waals surface area (Å²) in [7, 11) is 0. The van der Waals surface area contributed by atoms with E-state index in [1.807, 2.05) is 0 Å². The SMILES string of the molecule is C=C1C2C[C@]3(C1O)C1CC4C5(C)CC[C@H](O)[C@@]4(C1N(CC)C5)[C@@H]3CC2=O. The zero-order chi connectivity index (χ0) is 18.2. The van der Waals surface area contributed by atoms with Gasteiger partial charge in [0.1, 0.15) is 5.78 Å². The summed E-state index contributed by atoms with van der Waals surface area (Å²) in [5.41, 5.74) is 0.598. The second kappa shape index (κ2) is 4.47. The van der Waals surface area contributed by atoms with Crippen LogP contribution in [0.1, 0.15) is 46.0 Å². The molecule has 4 nitrogen and oxygen atoms in total. The topological polar surface area (TPSA) is 60.8 Å². The van der Waals surface area contributed by atoms with Gasteiger partial charge in [0.2, 0.25) is 0 Å². The van der Waals surface area contributed by atoms with Crippen LogP contribution >= 0.6 is 0 Å². The second-order valence-corrected chi connectivity index (χ2v) is 10.7. The van der Waals surface area contributed by atoms with Crippen LogP contribution in [0.4, 0.5) is 0 Å². The fourth-order valence-electron chi connectivity index (χ4n) is 9.75. The van der Waals surface area contributed by atoms with E-state index in [4.69, 9.17) is 0 Å². The van der Waals surface area contributed by atoms with Gasteiger partial charge in [-0.25, -0.2) is 0 Å². The molecule has 6 fully saturated rings. The molecule has 4 heteroatoms. The summed E-state index contributed by atoms with van der Waals surface area (Å²) in [4.78, 5) is 15.6. The quantitative estimate of drug-likeness (QED) is 0.705. The van der Waals surface area contributed by atoms with E-state index in [0.29, 0.717) is 24.3 Å². The van der Waals surface area contributed by atoms with Crippen molar-refractivity contribution >= 4 is 5.78 Å². The van der Waals surface area contributed by atoms with Gasteiger partial charge in [-0.15, -0.1) is 0 Å². The minimum Gasteiger partial charge on any atom is -0.392 e. The summed E-state index contributed by atoms with van der Waals surface area (Å²) < 4.78 is 0. The maximum Gasteiger partial charge on any atom is 0.140 e. The number of fused-ring (bicyclic) bond motifs is 1. The lowest BCUT2D eigenvalue weighted by atomic mass is 9.43. The minimum absolute atomic E-state index is 0.130. The Morgan fingerprint density at radius 3 is 2.81 bits per heavy atom. The molecule has 5 aliphatic carbocycles. The van der Waals surface area contributed by atoms with Crippen LogP contribution in [0.5, 0.6) is 0 Å². The fraction of sp³-hybridized carbons (Fsp3) is 0.864. The summed E-state index contributed by atoms with van der Waals surface area (Å²) in [6, 6.07) is 0.331. The number of Topliss-reactive ketones (excluding diaryl/α,β-unsaturated/α-hetero) is 1. The molecule has 0 aromatic rings. The van der Waals surface area contributed by atoms with Crippen molar-refractivity contribution < 1.29 is 15.0 Å². The molecule has 1 heterocycles. The van der Waals surface area contributed by atoms with Crippen LogP contribution in [0.3, 0.4) is 0 Å². The Kier molecular flexibility index (Phi) is 2.80. The number of nitrogens with zero attached hydrogens (tertiary/aromatic N) is 1. The molecule has 6 aliphatic rings. The van der Waals surface area contributed by atoms with Gasteiger partial charge >= 0.3 is 0 Å². The molecule has 6 unspecified atom stereocenters. The molecule has 0 radical (unpaired) electrons. The highest BCUT2D eigenvalue weighted by Gasteiger charge is 2.85. The first-order chi connectivity index (χ1) is 12.3. The lowest BCUT2D eigenvalue weighted by Crippen LogP contribution is -2.68. The van der Waals surface area contributed by atoms with Crippen molar-refractivity contribution in [1.82, 2.24) is 4.90 Å². The molecule has 1 aliphatic heterocycles. The van der Waals surface area contributed by atoms with E-state index in [2.05, 4.69) is 25.3 Å². The van der Waals surface area contributed by atoms with Gasteiger partial charge in [0, 0.05) is 35.8 Å². The van der Waals surface area contributed by atoms with Crippen LogP contribution < -0.4 is 0 Å². The molecule has 2 N–H and O–H groups in total. The lowest BCUT2D eigenvalue weighted by Gasteiger charge is -2.65. The van der Waals surface area contributed by atoms with Crippen molar-refractivity contribution in [2.45, 2.75) is 64.2 Å². The zero-order valence-corrected chi connectivity index (χ0v) is 15.9. The van der Waals surface area contributed by atoms with Gasteiger partial charge in [-0.05, 0) is 61.0 Å². The Morgan fingerprint density at radius 2 is 2.08 bits per heavy atom. The van der Waals surface area contributed by atoms with Gasteiger partial charge in [-0.1, -0.05) is 20.4 Å². The molecule has 5 saturated carbocycles. The summed E-state index contributed by atoms with van der Waals surface area (Å²) in [6.45, 7) is 10.9. The first kappa shape index (κ1) is 16.3. The van der Waals surface area contributed by atoms with E-state index < -0.39 is 6.10 Å². The maximum absolute atomic E-state index is 13.0. The van der Waals surface area contributed by atoms with Gasteiger partial charge in [0.25, 0.3) is 0 Å². The van der Waals surface area contributed by atoms with Crippen LogP contribution in [0.15, 0.2) is 12.2 Å². The van der Waals surface area contributed by atoms with Crippen LogP contribution in [0.25, 0.3) is 0 Å². The van der Waals surface area contributed by atoms with Gasteiger partial charge in [0.05, 0.1) is 12.2 Å². The monoisotopic (exact) mass is 357 g/mol. The van der Waals surface area contributed by atoms with E-state index in [0.717, 1.165) is 44.3 Å². The van der Waals surface area contributed by atoms with Crippen LogP contribution in [0, 0.1) is 39.9 Å². The average molecular weight is 357 g/mol. The summed E-state index contributed by atoms with van der Waals surface area (Å²) in [5.74, 6) is 1.16. The summed E-state index contributed by atoms with van der Waals surface area (Å²) >= 11 is 0. The third-order valence-electron chi connectivity index (χ3n) is 10.4. The molecule has 6 rings (SSSR count). The molecule has 26 heavy (non-hydrogen) atoms. The molecule has 0 amide bonds. The van der Waals surface area contributed by atoms with Crippen LogP contribution in [-0.4, -0.2) is 52.2 Å². The first-order valence-electron chi connectivity index (χ1n) is 10.6. The Labute approximate surface area is 155 Å². The standard InChI is InChI=1S/C22H31NO3/c1-4-23-10-20(3)6-5-17(25)22-15(20)7-13(18(22)23)21-9-12(11(2)19(21)26)14(24)8-16(21)22/h12-13,15-19,25-26H,2,4-10H2,1,3H3/t12?,13?,15?,16-,17+,18?,19?,20?,21+,22+/m1/s1. The third-order valence-corrected chi connectivity index (χ3v) is 10.4. The second-order valence-electron chi connectivity index (χ2n) is 10.7. The molecular weight excluding hydrogens is 326 g/mol. The van der Waals surface area contributed by atoms with Gasteiger partial charge in [-0.3, -0.25) is 9.69 Å². The van der Waals surface area contributed by atoms with Crippen LogP contribution in [0.2, 0.25) is 0 Å². The molecular formula is C22H31NO3. The van der Waals surface area contributed by atoms with Gasteiger partial charge < -0.3 is 10.2 Å². The molecule has 0 aromatic carbocycles. The van der Waals surface area contributed by atoms with Crippen molar-refractivity contribution in [2.24, 2.45) is 39.9 Å². The molecule has 10 atom stereocenters. The minimum atomic E-state index is -0.561. The smallest absolute Gasteiger partial charge is 0.140 e. The Balaban J connectivity index is 1.62. The predicted molar refractivity (Wildman–Crippen MR) is 97.2 cm³/mol. The van der Waals surface area contributed by atoms with Gasteiger partial charge in [-0.2, -0.15) is 0 Å². The number of rotatable bonds is 1. The van der Waals surface area contributed by atoms with E-state index in [9.17, 15) is 15.0 Å².